The van der Waals surface area contributed by atoms with Gasteiger partial charge in [0.25, 0.3) is 0 Å². The largest absolute Gasteiger partial charge is 0.452 e. The quantitative estimate of drug-likeness (QED) is 0.928. The molecular formula is C11H15BrN2O2. The second-order valence-corrected chi connectivity index (χ2v) is 5.11. The molecule has 1 saturated carbocycles. The van der Waals surface area contributed by atoms with Crippen molar-refractivity contribution in [2.45, 2.75) is 25.9 Å². The fourth-order valence-electron chi connectivity index (χ4n) is 1.53. The van der Waals surface area contributed by atoms with Crippen molar-refractivity contribution in [1.29, 1.82) is 0 Å². The van der Waals surface area contributed by atoms with Gasteiger partial charge in [0.2, 0.25) is 0 Å². The first-order valence-corrected chi connectivity index (χ1v) is 6.11. The molecule has 1 aromatic heterocycles. The zero-order valence-electron chi connectivity index (χ0n) is 9.37. The predicted molar refractivity (Wildman–Crippen MR) is 64.0 cm³/mol. The van der Waals surface area contributed by atoms with Crippen LogP contribution in [0.1, 0.15) is 19.1 Å². The minimum absolute atomic E-state index is 0.0399. The number of hydrogen-bond donors (Lipinski definition) is 1. The monoisotopic (exact) mass is 286 g/mol. The Morgan fingerprint density at radius 1 is 1.69 bits per heavy atom. The summed E-state index contributed by atoms with van der Waals surface area (Å²) in [6, 6.07) is 4.00. The van der Waals surface area contributed by atoms with E-state index in [4.69, 9.17) is 4.42 Å². The zero-order valence-corrected chi connectivity index (χ0v) is 11.0. The summed E-state index contributed by atoms with van der Waals surface area (Å²) in [7, 11) is 1.76. The van der Waals surface area contributed by atoms with Gasteiger partial charge in [0.05, 0.1) is 6.54 Å². The van der Waals surface area contributed by atoms with Gasteiger partial charge in [-0.3, -0.25) is 0 Å². The smallest absolute Gasteiger partial charge is 0.317 e. The van der Waals surface area contributed by atoms with Gasteiger partial charge in [-0.15, -0.1) is 0 Å². The van der Waals surface area contributed by atoms with E-state index in [1.54, 1.807) is 11.9 Å². The molecular weight excluding hydrogens is 272 g/mol. The second-order valence-electron chi connectivity index (χ2n) is 4.33. The summed E-state index contributed by atoms with van der Waals surface area (Å²) < 4.78 is 6.03. The average molecular weight is 287 g/mol. The van der Waals surface area contributed by atoms with Crippen LogP contribution >= 0.6 is 15.9 Å². The molecule has 0 radical (unpaired) electrons. The molecule has 2 amide bonds. The first kappa shape index (κ1) is 11.5. The number of halogens is 1. The molecule has 1 heterocycles. The van der Waals surface area contributed by atoms with Crippen molar-refractivity contribution in [3.05, 3.63) is 22.6 Å². The van der Waals surface area contributed by atoms with E-state index in [1.165, 1.54) is 0 Å². The maximum atomic E-state index is 11.7. The number of nitrogens with zero attached hydrogens (tertiary/aromatic N) is 1. The molecule has 2 atom stereocenters. The lowest BCUT2D eigenvalue weighted by atomic mass is 10.4. The normalized spacial score (nSPS) is 22.9. The number of urea groups is 1. The van der Waals surface area contributed by atoms with Gasteiger partial charge in [0.1, 0.15) is 5.76 Å². The molecule has 16 heavy (non-hydrogen) atoms. The van der Waals surface area contributed by atoms with Crippen LogP contribution in [-0.4, -0.2) is 24.0 Å². The van der Waals surface area contributed by atoms with E-state index in [1.807, 2.05) is 12.1 Å². The highest BCUT2D eigenvalue weighted by molar-refractivity contribution is 9.10. The highest BCUT2D eigenvalue weighted by Gasteiger charge is 2.34. The van der Waals surface area contributed by atoms with E-state index in [-0.39, 0.29) is 6.03 Å². The van der Waals surface area contributed by atoms with Crippen molar-refractivity contribution < 1.29 is 9.21 Å². The number of rotatable bonds is 3. The van der Waals surface area contributed by atoms with Crippen LogP contribution < -0.4 is 5.32 Å². The Hall–Kier alpha value is -0.970. The second kappa shape index (κ2) is 4.49. The molecule has 1 aliphatic carbocycles. The fraction of sp³-hybridized carbons (Fsp3) is 0.545. The number of amides is 2. The molecule has 0 saturated heterocycles. The zero-order chi connectivity index (χ0) is 11.7. The molecule has 5 heteroatoms. The third kappa shape index (κ3) is 2.78. The van der Waals surface area contributed by atoms with E-state index < -0.39 is 0 Å². The van der Waals surface area contributed by atoms with E-state index in [9.17, 15) is 4.79 Å². The van der Waals surface area contributed by atoms with Gasteiger partial charge in [0, 0.05) is 13.1 Å². The Morgan fingerprint density at radius 3 is 2.88 bits per heavy atom. The number of furan rings is 1. The molecule has 1 fully saturated rings. The molecule has 88 valence electrons. The molecule has 1 N–H and O–H groups in total. The Labute approximate surface area is 103 Å². The maximum absolute atomic E-state index is 11.7. The van der Waals surface area contributed by atoms with Gasteiger partial charge in [-0.05, 0) is 40.4 Å². The summed E-state index contributed by atoms with van der Waals surface area (Å²) in [6.45, 7) is 2.62. The third-order valence-electron chi connectivity index (χ3n) is 2.79. The maximum Gasteiger partial charge on any atom is 0.317 e. The Bertz CT molecular complexity index is 391. The van der Waals surface area contributed by atoms with Crippen LogP contribution in [-0.2, 0) is 6.54 Å². The van der Waals surface area contributed by atoms with Crippen molar-refractivity contribution >= 4 is 22.0 Å². The van der Waals surface area contributed by atoms with Gasteiger partial charge in [-0.1, -0.05) is 6.92 Å². The molecule has 4 nitrogen and oxygen atoms in total. The van der Waals surface area contributed by atoms with Gasteiger partial charge < -0.3 is 14.6 Å². The lowest BCUT2D eigenvalue weighted by Gasteiger charge is -2.16. The Balaban J connectivity index is 1.82. The number of carbonyl (C=O) groups excluding carboxylic acids is 1. The molecule has 0 unspecified atom stereocenters. The molecule has 0 aromatic carbocycles. The van der Waals surface area contributed by atoms with Crippen LogP contribution in [0, 0.1) is 5.92 Å². The van der Waals surface area contributed by atoms with Gasteiger partial charge in [-0.2, -0.15) is 0 Å². The molecule has 1 aliphatic rings. The molecule has 0 bridgehead atoms. The van der Waals surface area contributed by atoms with Crippen LogP contribution in [0.25, 0.3) is 0 Å². The van der Waals surface area contributed by atoms with Crippen molar-refractivity contribution in [3.63, 3.8) is 0 Å². The Kier molecular flexibility index (Phi) is 3.23. The summed E-state index contributed by atoms with van der Waals surface area (Å²) >= 11 is 3.23. The average Bonchev–Trinajstić information content (AvgIpc) is 2.73. The number of nitrogens with one attached hydrogen (secondary N) is 1. The van der Waals surface area contributed by atoms with Gasteiger partial charge in [0.15, 0.2) is 4.67 Å². The van der Waals surface area contributed by atoms with Crippen LogP contribution in [0.3, 0.4) is 0 Å². The number of carbonyl (C=O) groups is 1. The van der Waals surface area contributed by atoms with E-state index in [0.717, 1.165) is 12.2 Å². The predicted octanol–water partition coefficient (Wildman–Crippen LogP) is 2.59. The lowest BCUT2D eigenvalue weighted by Crippen LogP contribution is -2.38. The van der Waals surface area contributed by atoms with Crippen molar-refractivity contribution in [1.82, 2.24) is 10.2 Å². The van der Waals surface area contributed by atoms with Crippen LogP contribution in [0.2, 0.25) is 0 Å². The lowest BCUT2D eigenvalue weighted by molar-refractivity contribution is 0.202. The van der Waals surface area contributed by atoms with E-state index >= 15 is 0 Å². The highest BCUT2D eigenvalue weighted by Crippen LogP contribution is 2.29. The van der Waals surface area contributed by atoms with Crippen molar-refractivity contribution in [2.24, 2.45) is 5.92 Å². The summed E-state index contributed by atoms with van der Waals surface area (Å²) in [5.41, 5.74) is 0. The van der Waals surface area contributed by atoms with Gasteiger partial charge >= 0.3 is 6.03 Å². The summed E-state index contributed by atoms with van der Waals surface area (Å²) in [5.74, 6) is 1.39. The van der Waals surface area contributed by atoms with Crippen molar-refractivity contribution in [3.8, 4) is 0 Å². The summed E-state index contributed by atoms with van der Waals surface area (Å²) in [6.07, 6.45) is 1.09. The van der Waals surface area contributed by atoms with Gasteiger partial charge in [-0.25, -0.2) is 4.79 Å². The number of hydrogen-bond acceptors (Lipinski definition) is 2. The van der Waals surface area contributed by atoms with Crippen LogP contribution in [0.5, 0.6) is 0 Å². The minimum atomic E-state index is -0.0399. The van der Waals surface area contributed by atoms with E-state index in [0.29, 0.717) is 23.2 Å². The molecule has 0 spiro atoms. The van der Waals surface area contributed by atoms with Crippen LogP contribution in [0.4, 0.5) is 4.79 Å². The first-order chi connectivity index (χ1) is 7.56. The standard InChI is InChI=1S/C11H15BrN2O2/c1-7-5-9(7)13-11(15)14(2)6-8-3-4-10(12)16-8/h3-4,7,9H,5-6H2,1-2H3,(H,13,15)/t7-,9+/m1/s1. The topological polar surface area (TPSA) is 45.5 Å². The summed E-state index contributed by atoms with van der Waals surface area (Å²) in [4.78, 5) is 13.3. The first-order valence-electron chi connectivity index (χ1n) is 5.32. The highest BCUT2D eigenvalue weighted by atomic mass is 79.9. The fourth-order valence-corrected chi connectivity index (χ4v) is 1.87. The van der Waals surface area contributed by atoms with E-state index in [2.05, 4.69) is 28.2 Å². The van der Waals surface area contributed by atoms with Crippen LogP contribution in [0.15, 0.2) is 21.2 Å². The molecule has 2 rings (SSSR count). The third-order valence-corrected chi connectivity index (χ3v) is 3.21. The Morgan fingerprint density at radius 2 is 2.38 bits per heavy atom. The van der Waals surface area contributed by atoms with Crippen molar-refractivity contribution in [2.75, 3.05) is 7.05 Å². The minimum Gasteiger partial charge on any atom is -0.452 e. The summed E-state index contributed by atoms with van der Waals surface area (Å²) in [5, 5.41) is 2.96. The SMILES string of the molecule is C[C@@H]1C[C@@H]1NC(=O)N(C)Cc1ccc(Br)o1. The molecule has 1 aromatic rings. The molecule has 0 aliphatic heterocycles.